The van der Waals surface area contributed by atoms with Crippen LogP contribution in [0.5, 0.6) is 5.75 Å². The summed E-state index contributed by atoms with van der Waals surface area (Å²) in [5.41, 5.74) is 1.98. The number of nitrogens with one attached hydrogen (secondary N) is 1. The Labute approximate surface area is 97.4 Å². The summed E-state index contributed by atoms with van der Waals surface area (Å²) in [7, 11) is 0. The van der Waals surface area contributed by atoms with E-state index in [1.807, 2.05) is 23.8 Å². The first-order chi connectivity index (χ1) is 7.66. The van der Waals surface area contributed by atoms with E-state index >= 15 is 0 Å². The molecule has 0 atom stereocenters. The molecule has 1 amide bonds. The van der Waals surface area contributed by atoms with Crippen molar-refractivity contribution in [3.63, 3.8) is 0 Å². The highest BCUT2D eigenvalue weighted by Crippen LogP contribution is 2.20. The molecule has 82 valence electrons. The highest BCUT2D eigenvalue weighted by atomic mass is 32.1. The van der Waals surface area contributed by atoms with Gasteiger partial charge in [-0.25, -0.2) is 0 Å². The van der Waals surface area contributed by atoms with Crippen LogP contribution >= 0.6 is 11.3 Å². The number of carbonyl (C=O) groups is 1. The van der Waals surface area contributed by atoms with Crippen molar-refractivity contribution >= 4 is 22.9 Å². The molecule has 0 aliphatic rings. The monoisotopic (exact) mass is 233 g/mol. The lowest BCUT2D eigenvalue weighted by atomic mass is 10.1. The first kappa shape index (κ1) is 10.7. The number of hydrogen-bond donors (Lipinski definition) is 2. The smallest absolute Gasteiger partial charge is 0.259 e. The fraction of sp³-hybridized carbons (Fsp3) is 0.0833. The third-order valence-electron chi connectivity index (χ3n) is 2.18. The van der Waals surface area contributed by atoms with Crippen molar-refractivity contribution in [1.82, 2.24) is 0 Å². The summed E-state index contributed by atoms with van der Waals surface area (Å²) in [5, 5.41) is 16.0. The molecule has 0 spiro atoms. The maximum absolute atomic E-state index is 11.8. The average Bonchev–Trinajstić information content (AvgIpc) is 2.74. The molecule has 1 heterocycles. The Morgan fingerprint density at radius 2 is 2.19 bits per heavy atom. The minimum Gasteiger partial charge on any atom is -0.507 e. The number of benzene rings is 1. The van der Waals surface area contributed by atoms with Gasteiger partial charge < -0.3 is 10.4 Å². The van der Waals surface area contributed by atoms with Gasteiger partial charge in [0.25, 0.3) is 5.91 Å². The van der Waals surface area contributed by atoms with Gasteiger partial charge in [0.15, 0.2) is 0 Å². The van der Waals surface area contributed by atoms with E-state index in [0.29, 0.717) is 5.56 Å². The van der Waals surface area contributed by atoms with Crippen molar-refractivity contribution < 1.29 is 9.90 Å². The van der Waals surface area contributed by atoms with E-state index in [-0.39, 0.29) is 11.7 Å². The minimum atomic E-state index is -0.292. The summed E-state index contributed by atoms with van der Waals surface area (Å²) in [6.45, 7) is 1.88. The quantitative estimate of drug-likeness (QED) is 0.837. The van der Waals surface area contributed by atoms with Crippen LogP contribution in [-0.4, -0.2) is 11.0 Å². The number of phenols is 1. The van der Waals surface area contributed by atoms with E-state index < -0.39 is 0 Å². The zero-order valence-corrected chi connectivity index (χ0v) is 9.54. The number of hydrogen-bond acceptors (Lipinski definition) is 3. The van der Waals surface area contributed by atoms with Gasteiger partial charge in [0.05, 0.1) is 11.3 Å². The highest BCUT2D eigenvalue weighted by Gasteiger charge is 2.11. The van der Waals surface area contributed by atoms with Crippen LogP contribution < -0.4 is 5.32 Å². The lowest BCUT2D eigenvalue weighted by Crippen LogP contribution is -2.11. The van der Waals surface area contributed by atoms with Gasteiger partial charge in [-0.15, -0.1) is 0 Å². The molecule has 0 unspecified atom stereocenters. The molecule has 2 N–H and O–H groups in total. The van der Waals surface area contributed by atoms with Crippen molar-refractivity contribution in [2.75, 3.05) is 5.32 Å². The molecule has 0 radical (unpaired) electrons. The van der Waals surface area contributed by atoms with Crippen LogP contribution in [0.2, 0.25) is 0 Å². The molecular formula is C12H11NO2S. The van der Waals surface area contributed by atoms with Gasteiger partial charge in [-0.3, -0.25) is 4.79 Å². The Morgan fingerprint density at radius 1 is 1.38 bits per heavy atom. The largest absolute Gasteiger partial charge is 0.507 e. The molecule has 1 aromatic carbocycles. The number of aromatic hydroxyl groups is 1. The molecule has 2 aromatic rings. The van der Waals surface area contributed by atoms with Crippen LogP contribution in [0.25, 0.3) is 0 Å². The molecule has 0 saturated heterocycles. The number of rotatable bonds is 2. The zero-order valence-electron chi connectivity index (χ0n) is 8.73. The van der Waals surface area contributed by atoms with Gasteiger partial charge >= 0.3 is 0 Å². The van der Waals surface area contributed by atoms with Gasteiger partial charge in [-0.1, -0.05) is 11.6 Å². The van der Waals surface area contributed by atoms with E-state index in [2.05, 4.69) is 5.32 Å². The molecule has 16 heavy (non-hydrogen) atoms. The first-order valence-electron chi connectivity index (χ1n) is 4.80. The lowest BCUT2D eigenvalue weighted by molar-refractivity contribution is 0.102. The van der Waals surface area contributed by atoms with E-state index in [1.165, 1.54) is 17.4 Å². The SMILES string of the molecule is Cc1ccc(O)c(C(=O)Nc2ccsc2)c1. The van der Waals surface area contributed by atoms with Gasteiger partial charge in [0.2, 0.25) is 0 Å². The molecule has 3 nitrogen and oxygen atoms in total. The molecule has 0 bridgehead atoms. The van der Waals surface area contributed by atoms with Crippen LogP contribution in [0.1, 0.15) is 15.9 Å². The Morgan fingerprint density at radius 3 is 2.88 bits per heavy atom. The maximum atomic E-state index is 11.8. The van der Waals surface area contributed by atoms with Crippen LogP contribution in [-0.2, 0) is 0 Å². The summed E-state index contributed by atoms with van der Waals surface area (Å²) in [5.74, 6) is -0.294. The second kappa shape index (κ2) is 4.37. The zero-order chi connectivity index (χ0) is 11.5. The second-order valence-corrected chi connectivity index (χ2v) is 4.27. The fourth-order valence-electron chi connectivity index (χ4n) is 1.37. The summed E-state index contributed by atoms with van der Waals surface area (Å²) >= 11 is 1.51. The third kappa shape index (κ3) is 2.23. The summed E-state index contributed by atoms with van der Waals surface area (Å²) in [6, 6.07) is 6.76. The topological polar surface area (TPSA) is 49.3 Å². The predicted octanol–water partition coefficient (Wildman–Crippen LogP) is 3.01. The van der Waals surface area contributed by atoms with E-state index in [1.54, 1.807) is 12.1 Å². The van der Waals surface area contributed by atoms with Crippen molar-refractivity contribution in [1.29, 1.82) is 0 Å². The standard InChI is InChI=1S/C12H11NO2S/c1-8-2-3-11(14)10(6-8)12(15)13-9-4-5-16-7-9/h2-7,14H,1H3,(H,13,15). The van der Waals surface area contributed by atoms with Gasteiger partial charge in [0.1, 0.15) is 5.75 Å². The Balaban J connectivity index is 2.24. The number of phenolic OH excluding ortho intramolecular Hbond substituents is 1. The molecule has 0 saturated carbocycles. The Hall–Kier alpha value is -1.81. The molecule has 0 aliphatic carbocycles. The summed E-state index contributed by atoms with van der Waals surface area (Å²) in [6.07, 6.45) is 0. The van der Waals surface area contributed by atoms with Crippen molar-refractivity contribution in [3.05, 3.63) is 46.2 Å². The van der Waals surface area contributed by atoms with Crippen LogP contribution in [0, 0.1) is 6.92 Å². The summed E-state index contributed by atoms with van der Waals surface area (Å²) < 4.78 is 0. The maximum Gasteiger partial charge on any atom is 0.259 e. The van der Waals surface area contributed by atoms with E-state index in [0.717, 1.165) is 11.3 Å². The number of carbonyl (C=O) groups excluding carboxylic acids is 1. The molecule has 0 fully saturated rings. The number of aryl methyl sites for hydroxylation is 1. The van der Waals surface area contributed by atoms with Crippen molar-refractivity contribution in [2.45, 2.75) is 6.92 Å². The Kier molecular flexibility index (Phi) is 2.92. The first-order valence-corrected chi connectivity index (χ1v) is 5.74. The normalized spacial score (nSPS) is 10.1. The molecule has 1 aromatic heterocycles. The number of thiophene rings is 1. The van der Waals surface area contributed by atoms with Crippen LogP contribution in [0.3, 0.4) is 0 Å². The molecule has 0 aliphatic heterocycles. The lowest BCUT2D eigenvalue weighted by Gasteiger charge is -2.05. The van der Waals surface area contributed by atoms with E-state index in [4.69, 9.17) is 0 Å². The fourth-order valence-corrected chi connectivity index (χ4v) is 1.95. The summed E-state index contributed by atoms with van der Waals surface area (Å²) in [4.78, 5) is 11.8. The second-order valence-electron chi connectivity index (χ2n) is 3.49. The van der Waals surface area contributed by atoms with Crippen molar-refractivity contribution in [3.8, 4) is 5.75 Å². The third-order valence-corrected chi connectivity index (χ3v) is 2.86. The van der Waals surface area contributed by atoms with Crippen LogP contribution in [0.15, 0.2) is 35.0 Å². The average molecular weight is 233 g/mol. The van der Waals surface area contributed by atoms with E-state index in [9.17, 15) is 9.90 Å². The number of amides is 1. The van der Waals surface area contributed by atoms with Crippen molar-refractivity contribution in [2.24, 2.45) is 0 Å². The molecule has 2 rings (SSSR count). The van der Waals surface area contributed by atoms with Gasteiger partial charge in [-0.05, 0) is 30.5 Å². The predicted molar refractivity (Wildman–Crippen MR) is 65.1 cm³/mol. The molecular weight excluding hydrogens is 222 g/mol. The molecule has 4 heteroatoms. The number of anilines is 1. The van der Waals surface area contributed by atoms with Gasteiger partial charge in [-0.2, -0.15) is 11.3 Å². The highest BCUT2D eigenvalue weighted by molar-refractivity contribution is 7.08. The minimum absolute atomic E-state index is 0.00155. The van der Waals surface area contributed by atoms with Crippen LogP contribution in [0.4, 0.5) is 5.69 Å². The Bertz CT molecular complexity index is 506. The van der Waals surface area contributed by atoms with Gasteiger partial charge in [0, 0.05) is 5.38 Å².